The molecule has 0 spiro atoms. The third kappa shape index (κ3) is 4.27. The van der Waals surface area contributed by atoms with Gasteiger partial charge in [0.2, 0.25) is 0 Å². The Labute approximate surface area is 177 Å². The molecule has 2 aromatic rings. The van der Waals surface area contributed by atoms with E-state index in [9.17, 15) is 4.79 Å². The molecule has 0 heterocycles. The first-order chi connectivity index (χ1) is 13.6. The average Bonchev–Trinajstić information content (AvgIpc) is 3.20. The van der Waals surface area contributed by atoms with Gasteiger partial charge in [0.05, 0.1) is 0 Å². The summed E-state index contributed by atoms with van der Waals surface area (Å²) in [4.78, 5) is 11.5. The Bertz CT molecular complexity index is 781. The fraction of sp³-hybridized carbons (Fsp3) is 0.500. The van der Waals surface area contributed by atoms with Crippen LogP contribution in [0.2, 0.25) is 5.04 Å². The van der Waals surface area contributed by atoms with Gasteiger partial charge in [-0.15, -0.1) is 0 Å². The van der Waals surface area contributed by atoms with Crippen molar-refractivity contribution in [1.29, 1.82) is 0 Å². The predicted octanol–water partition coefficient (Wildman–Crippen LogP) is 5.20. The van der Waals surface area contributed by atoms with Gasteiger partial charge < -0.3 is 9.22 Å². The van der Waals surface area contributed by atoms with Gasteiger partial charge in [-0.05, 0) is 46.0 Å². The Morgan fingerprint density at radius 3 is 1.83 bits per heavy atom. The summed E-state index contributed by atoms with van der Waals surface area (Å²) in [6.07, 6.45) is 1.67. The van der Waals surface area contributed by atoms with Gasteiger partial charge in [0.1, 0.15) is 5.78 Å². The van der Waals surface area contributed by atoms with Gasteiger partial charge in [-0.2, -0.15) is 0 Å². The van der Waals surface area contributed by atoms with Crippen molar-refractivity contribution in [1.82, 2.24) is 0 Å². The molecule has 1 aliphatic carbocycles. The summed E-state index contributed by atoms with van der Waals surface area (Å²) in [5.41, 5.74) is 0.251. The highest BCUT2D eigenvalue weighted by atomic mass is 28.4. The first-order valence-corrected chi connectivity index (χ1v) is 12.8. The van der Waals surface area contributed by atoms with Crippen LogP contribution in [-0.2, 0) is 9.22 Å². The second-order valence-electron chi connectivity index (χ2n) is 10.2. The number of hydrogen-bond donors (Lipinski definition) is 0. The van der Waals surface area contributed by atoms with Crippen molar-refractivity contribution in [2.75, 3.05) is 6.61 Å². The van der Waals surface area contributed by atoms with Crippen molar-refractivity contribution >= 4 is 24.5 Å². The molecule has 156 valence electrons. The molecular weight excluding hydrogens is 372 g/mol. The largest absolute Gasteiger partial charge is 0.407 e. The molecule has 29 heavy (non-hydrogen) atoms. The van der Waals surface area contributed by atoms with E-state index in [0.29, 0.717) is 24.0 Å². The lowest BCUT2D eigenvalue weighted by Gasteiger charge is -2.43. The molecule has 3 rings (SSSR count). The summed E-state index contributed by atoms with van der Waals surface area (Å²) < 4.78 is 7.12. The molecule has 2 atom stereocenters. The number of carbonyl (C=O) groups excluding carboxylic acids is 1. The van der Waals surface area contributed by atoms with Gasteiger partial charge in [-0.3, -0.25) is 0 Å². The maximum atomic E-state index is 11.5. The maximum Gasteiger partial charge on any atom is 0.261 e. The Morgan fingerprint density at radius 2 is 1.41 bits per heavy atom. The van der Waals surface area contributed by atoms with Crippen LogP contribution in [0.15, 0.2) is 60.7 Å². The molecule has 1 aliphatic rings. The first kappa shape index (κ1) is 22.0. The lowest BCUT2D eigenvalue weighted by molar-refractivity contribution is -0.117. The fourth-order valence-corrected chi connectivity index (χ4v) is 9.68. The van der Waals surface area contributed by atoms with Crippen LogP contribution in [0.3, 0.4) is 0 Å². The highest BCUT2D eigenvalue weighted by Gasteiger charge is 2.59. The van der Waals surface area contributed by atoms with E-state index in [2.05, 4.69) is 95.3 Å². The second-order valence-corrected chi connectivity index (χ2v) is 14.6. The lowest BCUT2D eigenvalue weighted by atomic mass is 10.1. The van der Waals surface area contributed by atoms with Crippen LogP contribution in [-0.4, -0.2) is 20.7 Å². The van der Waals surface area contributed by atoms with Crippen LogP contribution in [0, 0.1) is 17.3 Å². The molecule has 0 amide bonds. The normalized spacial score (nSPS) is 21.0. The van der Waals surface area contributed by atoms with Crippen molar-refractivity contribution in [2.24, 2.45) is 17.3 Å². The summed E-state index contributed by atoms with van der Waals surface area (Å²) in [5, 5.41) is 2.67. The summed E-state index contributed by atoms with van der Waals surface area (Å²) in [5.74, 6) is 1.38. The molecule has 1 saturated carbocycles. The summed E-state index contributed by atoms with van der Waals surface area (Å²) in [6, 6.07) is 21.7. The summed E-state index contributed by atoms with van der Waals surface area (Å²) in [6.45, 7) is 14.1. The molecule has 0 radical (unpaired) electrons. The minimum Gasteiger partial charge on any atom is -0.407 e. The van der Waals surface area contributed by atoms with Gasteiger partial charge >= 0.3 is 0 Å². The third-order valence-corrected chi connectivity index (χ3v) is 12.0. The van der Waals surface area contributed by atoms with Crippen LogP contribution in [0.1, 0.15) is 54.4 Å². The van der Waals surface area contributed by atoms with Crippen molar-refractivity contribution < 1.29 is 9.22 Å². The fourth-order valence-electron chi connectivity index (χ4n) is 5.10. The minimum atomic E-state index is -2.48. The number of hydrogen-bond acceptors (Lipinski definition) is 2. The third-order valence-electron chi connectivity index (χ3n) is 6.99. The van der Waals surface area contributed by atoms with Gasteiger partial charge in [-0.1, -0.05) is 95.3 Å². The zero-order chi connectivity index (χ0) is 21.3. The first-order valence-electron chi connectivity index (χ1n) is 10.8. The molecule has 2 aromatic carbocycles. The van der Waals surface area contributed by atoms with Crippen molar-refractivity contribution in [3.63, 3.8) is 0 Å². The lowest BCUT2D eigenvalue weighted by Crippen LogP contribution is -2.66. The maximum absolute atomic E-state index is 11.5. The van der Waals surface area contributed by atoms with E-state index in [1.807, 2.05) is 0 Å². The van der Waals surface area contributed by atoms with Crippen LogP contribution in [0.25, 0.3) is 0 Å². The Morgan fingerprint density at radius 1 is 0.931 bits per heavy atom. The minimum absolute atomic E-state index is 0.00359. The molecule has 0 bridgehead atoms. The van der Waals surface area contributed by atoms with E-state index in [4.69, 9.17) is 4.43 Å². The van der Waals surface area contributed by atoms with Crippen LogP contribution >= 0.6 is 0 Å². The number of Topliss-reactive ketones (excluding diaryl/α,β-unsaturated/α-hetero) is 1. The Kier molecular flexibility index (Phi) is 6.21. The van der Waals surface area contributed by atoms with Gasteiger partial charge in [0, 0.05) is 13.0 Å². The molecule has 0 aromatic heterocycles. The zero-order valence-electron chi connectivity index (χ0n) is 18.9. The van der Waals surface area contributed by atoms with E-state index < -0.39 is 8.32 Å². The average molecular weight is 409 g/mol. The molecule has 0 saturated heterocycles. The van der Waals surface area contributed by atoms with E-state index in [1.54, 1.807) is 6.92 Å². The summed E-state index contributed by atoms with van der Waals surface area (Å²) >= 11 is 0. The van der Waals surface area contributed by atoms with Crippen molar-refractivity contribution in [3.8, 4) is 0 Å². The van der Waals surface area contributed by atoms with Gasteiger partial charge in [-0.25, -0.2) is 0 Å². The van der Waals surface area contributed by atoms with Crippen molar-refractivity contribution in [3.05, 3.63) is 60.7 Å². The second kappa shape index (κ2) is 8.20. The van der Waals surface area contributed by atoms with Crippen LogP contribution < -0.4 is 10.4 Å². The predicted molar refractivity (Wildman–Crippen MR) is 124 cm³/mol. The molecule has 2 nitrogen and oxygen atoms in total. The Balaban J connectivity index is 1.94. The molecule has 0 N–H and O–H groups in total. The monoisotopic (exact) mass is 408 g/mol. The standard InChI is InChI=1S/C26H36O2Si/c1-20(27)17-18-23-24(26(23,5)6)19-28-29(25(2,3)4,21-13-9-7-10-14-21)22-15-11-8-12-16-22/h7-16,23-24H,17-19H2,1-6H3/t23-,24-/m0/s1. The highest BCUT2D eigenvalue weighted by molar-refractivity contribution is 6.99. The zero-order valence-corrected chi connectivity index (χ0v) is 19.9. The quantitative estimate of drug-likeness (QED) is 0.561. The molecule has 1 fully saturated rings. The highest BCUT2D eigenvalue weighted by Crippen LogP contribution is 2.60. The van der Waals surface area contributed by atoms with E-state index >= 15 is 0 Å². The summed E-state index contributed by atoms with van der Waals surface area (Å²) in [7, 11) is -2.48. The van der Waals surface area contributed by atoms with E-state index in [0.717, 1.165) is 13.0 Å². The van der Waals surface area contributed by atoms with Crippen LogP contribution in [0.4, 0.5) is 0 Å². The molecule has 3 heteroatoms. The number of benzene rings is 2. The number of carbonyl (C=O) groups is 1. The number of rotatable bonds is 8. The van der Waals surface area contributed by atoms with E-state index in [1.165, 1.54) is 10.4 Å². The molecular formula is C26H36O2Si. The van der Waals surface area contributed by atoms with E-state index in [-0.39, 0.29) is 10.5 Å². The number of ketones is 1. The smallest absolute Gasteiger partial charge is 0.261 e. The topological polar surface area (TPSA) is 26.3 Å². The molecule has 0 aliphatic heterocycles. The molecule has 0 unspecified atom stereocenters. The van der Waals surface area contributed by atoms with Crippen molar-refractivity contribution in [2.45, 2.75) is 59.4 Å². The van der Waals surface area contributed by atoms with Gasteiger partial charge in [0.25, 0.3) is 8.32 Å². The Hall–Kier alpha value is -1.71. The SMILES string of the molecule is CC(=O)CC[C@H]1[C@H](CO[Si](c2ccccc2)(c2ccccc2)C(C)(C)C)C1(C)C. The van der Waals surface area contributed by atoms with Crippen LogP contribution in [0.5, 0.6) is 0 Å². The van der Waals surface area contributed by atoms with Gasteiger partial charge in [0.15, 0.2) is 0 Å².